The summed E-state index contributed by atoms with van der Waals surface area (Å²) < 4.78 is 6.33. The van der Waals surface area contributed by atoms with E-state index in [1.165, 1.54) is 5.70 Å². The largest absolute Gasteiger partial charge is 0.457 e. The van der Waals surface area contributed by atoms with E-state index in [2.05, 4.69) is 79.1 Å². The Morgan fingerprint density at radius 1 is 0.849 bits per heavy atom. The van der Waals surface area contributed by atoms with Crippen molar-refractivity contribution < 1.29 is 9.53 Å². The highest BCUT2D eigenvalue weighted by molar-refractivity contribution is 5.82. The summed E-state index contributed by atoms with van der Waals surface area (Å²) in [4.78, 5) is 39.3. The molecule has 1 amide bonds. The fourth-order valence-electron chi connectivity index (χ4n) is 8.03. The van der Waals surface area contributed by atoms with E-state index in [-0.39, 0.29) is 24.0 Å². The lowest BCUT2D eigenvalue weighted by atomic mass is 9.99. The van der Waals surface area contributed by atoms with Crippen LogP contribution in [0, 0.1) is 11.8 Å². The number of likely N-dealkylation sites (tertiary alicyclic amines) is 2. The summed E-state index contributed by atoms with van der Waals surface area (Å²) in [7, 11) is 8.30. The van der Waals surface area contributed by atoms with Gasteiger partial charge in [-0.15, -0.1) is 0 Å². The Morgan fingerprint density at radius 3 is 2.15 bits per heavy atom. The summed E-state index contributed by atoms with van der Waals surface area (Å²) >= 11 is 0. The van der Waals surface area contributed by atoms with Gasteiger partial charge >= 0.3 is 0 Å². The molecule has 2 saturated heterocycles. The Hall–Kier alpha value is -4.41. The topological polar surface area (TPSA) is 96.6 Å². The summed E-state index contributed by atoms with van der Waals surface area (Å²) in [6.07, 6.45) is 9.88. The van der Waals surface area contributed by atoms with E-state index < -0.39 is 0 Å². The van der Waals surface area contributed by atoms with Crippen LogP contribution >= 0.6 is 0 Å². The maximum absolute atomic E-state index is 13.6. The first kappa shape index (κ1) is 38.3. The molecule has 0 radical (unpaired) electrons. The van der Waals surface area contributed by atoms with Gasteiger partial charge in [-0.3, -0.25) is 9.69 Å². The Morgan fingerprint density at radius 2 is 1.49 bits per heavy atom. The number of H-pyrrole nitrogens is 2. The van der Waals surface area contributed by atoms with Gasteiger partial charge in [-0.25, -0.2) is 9.97 Å². The Kier molecular flexibility index (Phi) is 12.1. The van der Waals surface area contributed by atoms with Gasteiger partial charge in [0.05, 0.1) is 35.7 Å². The quantitative estimate of drug-likeness (QED) is 0.127. The van der Waals surface area contributed by atoms with Gasteiger partial charge in [-0.2, -0.15) is 0 Å². The third-order valence-electron chi connectivity index (χ3n) is 10.8. The van der Waals surface area contributed by atoms with Crippen molar-refractivity contribution in [1.82, 2.24) is 39.5 Å². The lowest BCUT2D eigenvalue weighted by Gasteiger charge is -2.36. The minimum Gasteiger partial charge on any atom is -0.457 e. The smallest absolute Gasteiger partial charge is 0.240 e. The molecule has 4 atom stereocenters. The van der Waals surface area contributed by atoms with Crippen LogP contribution in [0.1, 0.15) is 90.0 Å². The minimum absolute atomic E-state index is 0.0342. The van der Waals surface area contributed by atoms with Crippen LogP contribution < -0.4 is 4.74 Å². The minimum atomic E-state index is -0.125. The van der Waals surface area contributed by atoms with Gasteiger partial charge < -0.3 is 29.4 Å². The first-order valence-corrected chi connectivity index (χ1v) is 19.5. The second kappa shape index (κ2) is 16.7. The number of aromatic nitrogens is 4. The lowest BCUT2D eigenvalue weighted by Crippen LogP contribution is -2.46. The van der Waals surface area contributed by atoms with Crippen LogP contribution in [0.15, 0.2) is 73.2 Å². The molecule has 53 heavy (non-hydrogen) atoms. The Bertz CT molecular complexity index is 1820. The molecule has 10 nitrogen and oxygen atoms in total. The van der Waals surface area contributed by atoms with Crippen LogP contribution in [0.5, 0.6) is 11.5 Å². The highest BCUT2D eigenvalue weighted by atomic mass is 16.5. The van der Waals surface area contributed by atoms with Crippen molar-refractivity contribution in [2.24, 2.45) is 11.8 Å². The number of benzene rings is 2. The number of ether oxygens (including phenoxy) is 1. The van der Waals surface area contributed by atoms with Crippen molar-refractivity contribution in [3.8, 4) is 34.0 Å². The summed E-state index contributed by atoms with van der Waals surface area (Å²) in [5, 5.41) is 0. The molecule has 2 aromatic carbocycles. The number of carbonyl (C=O) groups is 1. The molecule has 0 bridgehead atoms. The molecule has 0 unspecified atom stereocenters. The average molecular weight is 721 g/mol. The number of imidazole rings is 2. The van der Waals surface area contributed by atoms with E-state index in [4.69, 9.17) is 14.7 Å². The monoisotopic (exact) mass is 720 g/mol. The normalized spacial score (nSPS) is 18.9. The van der Waals surface area contributed by atoms with Gasteiger partial charge in [0.1, 0.15) is 23.1 Å². The molecule has 0 saturated carbocycles. The van der Waals surface area contributed by atoms with Crippen LogP contribution in [-0.2, 0) is 4.79 Å². The second-order valence-electron chi connectivity index (χ2n) is 16.3. The Balaban J connectivity index is 1.10. The van der Waals surface area contributed by atoms with Gasteiger partial charge in [-0.1, -0.05) is 46.4 Å². The molecule has 0 aliphatic carbocycles. The van der Waals surface area contributed by atoms with Crippen molar-refractivity contribution in [2.75, 3.05) is 41.3 Å². The molecular weight excluding hydrogens is 661 g/mol. The lowest BCUT2D eigenvalue weighted by molar-refractivity contribution is -0.137. The molecule has 6 rings (SSSR count). The van der Waals surface area contributed by atoms with Gasteiger partial charge in [0.2, 0.25) is 5.91 Å². The van der Waals surface area contributed by atoms with Crippen LogP contribution in [-0.4, -0.2) is 98.8 Å². The number of nitrogens with one attached hydrogen (secondary N) is 2. The predicted molar refractivity (Wildman–Crippen MR) is 213 cm³/mol. The summed E-state index contributed by atoms with van der Waals surface area (Å²) in [5.41, 5.74) is 5.03. The molecule has 284 valence electrons. The Labute approximate surface area is 316 Å². The number of hydrogen-bond donors (Lipinski definition) is 2. The van der Waals surface area contributed by atoms with E-state index in [0.29, 0.717) is 17.9 Å². The third kappa shape index (κ3) is 8.87. The maximum atomic E-state index is 13.6. The van der Waals surface area contributed by atoms with E-state index >= 15 is 0 Å². The maximum Gasteiger partial charge on any atom is 0.240 e. The van der Waals surface area contributed by atoms with Crippen molar-refractivity contribution in [3.63, 3.8) is 0 Å². The van der Waals surface area contributed by atoms with E-state index in [1.54, 1.807) is 0 Å². The van der Waals surface area contributed by atoms with E-state index in [0.717, 1.165) is 97.3 Å². The van der Waals surface area contributed by atoms with Gasteiger partial charge in [0, 0.05) is 36.6 Å². The van der Waals surface area contributed by atoms with Crippen LogP contribution in [0.25, 0.3) is 22.5 Å². The third-order valence-corrected chi connectivity index (χ3v) is 10.8. The van der Waals surface area contributed by atoms with Crippen molar-refractivity contribution in [3.05, 3.63) is 84.8 Å². The zero-order valence-corrected chi connectivity index (χ0v) is 33.1. The molecule has 2 fully saturated rings. The van der Waals surface area contributed by atoms with Crippen LogP contribution in [0.4, 0.5) is 0 Å². The SMILES string of the molecule is C=C([C@H](CC(C)C)N(C)C)N1CCC[C@H]1c1nc(-c2cccc(Oc3ccc(-c4cnc([C@@H]5CCCN5C(=O)[C@H](CC(C)C)N(C)C)[nH]4)cc3)c2)c[nH]1. The zero-order chi connectivity index (χ0) is 37.8. The molecule has 4 aromatic rings. The second-order valence-corrected chi connectivity index (χ2v) is 16.3. The van der Waals surface area contributed by atoms with Gasteiger partial charge in [-0.05, 0) is 121 Å². The van der Waals surface area contributed by atoms with Gasteiger partial charge in [0.25, 0.3) is 0 Å². The predicted octanol–water partition coefficient (Wildman–Crippen LogP) is 8.53. The number of hydrogen-bond acceptors (Lipinski definition) is 7. The first-order valence-electron chi connectivity index (χ1n) is 19.5. The molecule has 2 aliphatic heterocycles. The highest BCUT2D eigenvalue weighted by Gasteiger charge is 2.37. The molecule has 2 N–H and O–H groups in total. The van der Waals surface area contributed by atoms with Crippen LogP contribution in [0.2, 0.25) is 0 Å². The number of likely N-dealkylation sites (N-methyl/N-ethyl adjacent to an activating group) is 2. The van der Waals surface area contributed by atoms with Gasteiger partial charge in [0.15, 0.2) is 0 Å². The van der Waals surface area contributed by atoms with E-state index in [1.807, 2.05) is 73.9 Å². The molecular formula is C43H60N8O2. The molecule has 0 spiro atoms. The molecule has 2 aromatic heterocycles. The molecule has 10 heteroatoms. The number of nitrogens with zero attached hydrogens (tertiary/aromatic N) is 6. The number of amides is 1. The first-order chi connectivity index (χ1) is 25.4. The zero-order valence-electron chi connectivity index (χ0n) is 33.1. The fourth-order valence-corrected chi connectivity index (χ4v) is 8.03. The van der Waals surface area contributed by atoms with Crippen LogP contribution in [0.3, 0.4) is 0 Å². The highest BCUT2D eigenvalue weighted by Crippen LogP contribution is 2.37. The number of rotatable bonds is 15. The molecule has 2 aliphatic rings. The van der Waals surface area contributed by atoms with Crippen molar-refractivity contribution in [2.45, 2.75) is 90.4 Å². The van der Waals surface area contributed by atoms with Crippen molar-refractivity contribution in [1.29, 1.82) is 0 Å². The summed E-state index contributed by atoms with van der Waals surface area (Å²) in [5.74, 6) is 4.57. The molecule has 4 heterocycles. The number of carbonyl (C=O) groups excluding carboxylic acids is 1. The summed E-state index contributed by atoms with van der Waals surface area (Å²) in [6.45, 7) is 15.2. The average Bonchev–Trinajstić information content (AvgIpc) is 3.95. The number of aromatic amines is 2. The summed E-state index contributed by atoms with van der Waals surface area (Å²) in [6, 6.07) is 16.5. The van der Waals surface area contributed by atoms with E-state index in [9.17, 15) is 4.79 Å². The standard InChI is InChI=1S/C43H60N8O2/c1-28(2)23-39(48(6)7)30(5)50-21-11-15-37(50)41-45-27-36(47-41)32-13-10-14-34(25-32)53-33-19-17-31(18-20-33)35-26-44-42(46-35)38-16-12-22-51(38)43(52)40(49(8)9)24-29(3)4/h10,13-14,17-20,25-29,37-40H,5,11-12,15-16,21-24H2,1-4,6-9H3,(H,44,46)(H,45,47)/t37-,38-,39-,40-/m0/s1. The fraction of sp³-hybridized carbons (Fsp3) is 0.512. The van der Waals surface area contributed by atoms with Crippen molar-refractivity contribution >= 4 is 5.91 Å².